The zero-order valence-corrected chi connectivity index (χ0v) is 22.2. The van der Waals surface area contributed by atoms with Gasteiger partial charge < -0.3 is 9.47 Å². The molecular formula is C26H21F3N4O4S2. The molecule has 2 aromatic heterocycles. The number of aromatic nitrogens is 3. The summed E-state index contributed by atoms with van der Waals surface area (Å²) in [5.41, 5.74) is 4.09. The highest BCUT2D eigenvalue weighted by Crippen LogP contribution is 2.37. The van der Waals surface area contributed by atoms with Crippen LogP contribution in [0.4, 0.5) is 13.2 Å². The number of nitrogens with zero attached hydrogens (tertiary/aromatic N) is 3. The SMILES string of the molecule is Cc1cc(-c2nc3c(C)cc(OCCNS(=O)(=O)c4ccc(F)cc4)cc3s2)c2ncc(OC(F)F)nc2c1. The van der Waals surface area contributed by atoms with E-state index in [0.717, 1.165) is 39.7 Å². The average molecular weight is 575 g/mol. The van der Waals surface area contributed by atoms with Crippen LogP contribution in [0, 0.1) is 19.7 Å². The Balaban J connectivity index is 1.35. The van der Waals surface area contributed by atoms with Gasteiger partial charge in [0, 0.05) is 12.1 Å². The summed E-state index contributed by atoms with van der Waals surface area (Å²) in [5, 5.41) is 0.669. The van der Waals surface area contributed by atoms with E-state index < -0.39 is 22.5 Å². The van der Waals surface area contributed by atoms with Crippen LogP contribution in [0.1, 0.15) is 11.1 Å². The van der Waals surface area contributed by atoms with Crippen molar-refractivity contribution in [3.05, 3.63) is 71.7 Å². The van der Waals surface area contributed by atoms with Gasteiger partial charge in [0.25, 0.3) is 0 Å². The van der Waals surface area contributed by atoms with E-state index in [1.54, 1.807) is 6.07 Å². The molecule has 0 unspecified atom stereocenters. The number of fused-ring (bicyclic) bond motifs is 2. The van der Waals surface area contributed by atoms with E-state index in [2.05, 4.69) is 19.4 Å². The van der Waals surface area contributed by atoms with Gasteiger partial charge in [0.1, 0.15) is 23.2 Å². The molecule has 0 radical (unpaired) electrons. The minimum absolute atomic E-state index is 0.00987. The standard InChI is InChI=1S/C26H21F3N4O4S2/c1-14-9-19(24-20(10-14)32-22(13-30-24)37-26(28)29)25-33-23-15(2)11-17(12-21(23)38-25)36-8-7-31-39(34,35)18-5-3-16(27)4-6-18/h3-6,9-13,26,31H,7-8H2,1-2H3. The van der Waals surface area contributed by atoms with Crippen molar-refractivity contribution in [2.24, 2.45) is 0 Å². The third-order valence-electron chi connectivity index (χ3n) is 5.65. The van der Waals surface area contributed by atoms with E-state index in [0.29, 0.717) is 27.4 Å². The molecule has 39 heavy (non-hydrogen) atoms. The minimum Gasteiger partial charge on any atom is -0.492 e. The lowest BCUT2D eigenvalue weighted by molar-refractivity contribution is -0.0528. The van der Waals surface area contributed by atoms with Crippen molar-refractivity contribution < 1.29 is 31.1 Å². The van der Waals surface area contributed by atoms with Gasteiger partial charge in [-0.3, -0.25) is 0 Å². The molecule has 0 fully saturated rings. The number of nitrogens with one attached hydrogen (secondary N) is 1. The van der Waals surface area contributed by atoms with Crippen LogP contribution in [0.3, 0.4) is 0 Å². The van der Waals surface area contributed by atoms with Crippen molar-refractivity contribution in [3.63, 3.8) is 0 Å². The summed E-state index contributed by atoms with van der Waals surface area (Å²) in [4.78, 5) is 13.2. The molecule has 13 heteroatoms. The Morgan fingerprint density at radius 1 is 1.03 bits per heavy atom. The largest absolute Gasteiger partial charge is 0.492 e. The maximum absolute atomic E-state index is 13.1. The van der Waals surface area contributed by atoms with Gasteiger partial charge in [-0.05, 0) is 73.5 Å². The summed E-state index contributed by atoms with van der Waals surface area (Å²) in [6.45, 7) is 0.825. The van der Waals surface area contributed by atoms with Gasteiger partial charge in [-0.15, -0.1) is 11.3 Å². The van der Waals surface area contributed by atoms with Crippen LogP contribution >= 0.6 is 11.3 Å². The van der Waals surface area contributed by atoms with Gasteiger partial charge in [0.05, 0.1) is 32.3 Å². The summed E-state index contributed by atoms with van der Waals surface area (Å²) >= 11 is 1.41. The number of sulfonamides is 1. The molecule has 0 aliphatic heterocycles. The molecule has 2 heterocycles. The Morgan fingerprint density at radius 2 is 1.79 bits per heavy atom. The molecule has 0 saturated carbocycles. The first-order valence-electron chi connectivity index (χ1n) is 11.6. The zero-order valence-electron chi connectivity index (χ0n) is 20.6. The molecule has 0 amide bonds. The highest BCUT2D eigenvalue weighted by atomic mass is 32.2. The van der Waals surface area contributed by atoms with Gasteiger partial charge in [-0.1, -0.05) is 0 Å². The average Bonchev–Trinajstić information content (AvgIpc) is 3.31. The van der Waals surface area contributed by atoms with Crippen molar-refractivity contribution >= 4 is 42.6 Å². The zero-order chi connectivity index (χ0) is 27.7. The highest BCUT2D eigenvalue weighted by Gasteiger charge is 2.17. The number of alkyl halides is 2. The number of thiazole rings is 1. The Bertz CT molecular complexity index is 1780. The molecule has 0 bridgehead atoms. The second-order valence-corrected chi connectivity index (χ2v) is 11.4. The fraction of sp³-hybridized carbons (Fsp3) is 0.192. The van der Waals surface area contributed by atoms with Crippen molar-refractivity contribution in [3.8, 4) is 22.2 Å². The topological polar surface area (TPSA) is 103 Å². The summed E-state index contributed by atoms with van der Waals surface area (Å²) in [6, 6.07) is 11.8. The van der Waals surface area contributed by atoms with E-state index in [4.69, 9.17) is 9.72 Å². The summed E-state index contributed by atoms with van der Waals surface area (Å²) in [5.74, 6) is -0.249. The molecule has 0 spiro atoms. The van der Waals surface area contributed by atoms with E-state index in [1.807, 2.05) is 32.0 Å². The summed E-state index contributed by atoms with van der Waals surface area (Å²) in [7, 11) is -3.79. The highest BCUT2D eigenvalue weighted by molar-refractivity contribution is 7.89. The van der Waals surface area contributed by atoms with Gasteiger partial charge in [0.2, 0.25) is 15.9 Å². The number of ether oxygens (including phenoxy) is 2. The van der Waals surface area contributed by atoms with Crippen LogP contribution in [0.2, 0.25) is 0 Å². The Morgan fingerprint density at radius 3 is 2.54 bits per heavy atom. The van der Waals surface area contributed by atoms with Crippen LogP contribution in [-0.4, -0.2) is 43.1 Å². The monoisotopic (exact) mass is 574 g/mol. The molecule has 3 aromatic carbocycles. The van der Waals surface area contributed by atoms with E-state index >= 15 is 0 Å². The number of rotatable bonds is 9. The molecule has 8 nitrogen and oxygen atoms in total. The lowest BCUT2D eigenvalue weighted by Crippen LogP contribution is -2.28. The van der Waals surface area contributed by atoms with E-state index in [1.165, 1.54) is 23.5 Å². The van der Waals surface area contributed by atoms with Crippen LogP contribution in [0.15, 0.2) is 59.6 Å². The third-order valence-corrected chi connectivity index (χ3v) is 8.17. The molecule has 5 rings (SSSR count). The minimum atomic E-state index is -3.79. The van der Waals surface area contributed by atoms with Crippen molar-refractivity contribution in [2.75, 3.05) is 13.2 Å². The first-order chi connectivity index (χ1) is 18.6. The third kappa shape index (κ3) is 5.95. The molecule has 0 saturated heterocycles. The van der Waals surface area contributed by atoms with Gasteiger partial charge >= 0.3 is 6.61 Å². The van der Waals surface area contributed by atoms with E-state index in [9.17, 15) is 21.6 Å². The lowest BCUT2D eigenvalue weighted by atomic mass is 10.1. The predicted molar refractivity (Wildman–Crippen MR) is 141 cm³/mol. The van der Waals surface area contributed by atoms with Crippen molar-refractivity contribution in [2.45, 2.75) is 25.4 Å². The fourth-order valence-corrected chi connectivity index (χ4v) is 6.07. The fourth-order valence-electron chi connectivity index (χ4n) is 3.96. The van der Waals surface area contributed by atoms with E-state index in [-0.39, 0.29) is 23.9 Å². The smallest absolute Gasteiger partial charge is 0.388 e. The second kappa shape index (κ2) is 10.8. The number of benzene rings is 3. The van der Waals surface area contributed by atoms with Gasteiger partial charge in [-0.2, -0.15) is 8.78 Å². The molecule has 0 atom stereocenters. The lowest BCUT2D eigenvalue weighted by Gasteiger charge is -2.09. The number of hydrogen-bond acceptors (Lipinski definition) is 8. The summed E-state index contributed by atoms with van der Waals surface area (Å²) in [6.07, 6.45) is 1.15. The number of aryl methyl sites for hydroxylation is 2. The molecule has 0 aliphatic rings. The van der Waals surface area contributed by atoms with Gasteiger partial charge in [0.15, 0.2) is 0 Å². The van der Waals surface area contributed by atoms with Crippen molar-refractivity contribution in [1.82, 2.24) is 19.7 Å². The first kappa shape index (κ1) is 26.8. The molecule has 1 N–H and O–H groups in total. The predicted octanol–water partition coefficient (Wildman–Crippen LogP) is 5.62. The molecule has 202 valence electrons. The molecule has 0 aliphatic carbocycles. The summed E-state index contributed by atoms with van der Waals surface area (Å²) < 4.78 is 76.5. The Labute approximate surface area is 225 Å². The maximum atomic E-state index is 13.1. The van der Waals surface area contributed by atoms with Crippen LogP contribution < -0.4 is 14.2 Å². The first-order valence-corrected chi connectivity index (χ1v) is 13.9. The quantitative estimate of drug-likeness (QED) is 0.228. The number of halogens is 3. The normalized spacial score (nSPS) is 11.9. The van der Waals surface area contributed by atoms with Gasteiger partial charge in [-0.25, -0.2) is 32.5 Å². The van der Waals surface area contributed by atoms with Crippen LogP contribution in [-0.2, 0) is 10.0 Å². The second-order valence-electron chi connectivity index (χ2n) is 8.57. The van der Waals surface area contributed by atoms with Crippen molar-refractivity contribution in [1.29, 1.82) is 0 Å². The van der Waals surface area contributed by atoms with Crippen LogP contribution in [0.25, 0.3) is 31.8 Å². The Kier molecular flexibility index (Phi) is 7.38. The Hall–Kier alpha value is -3.81. The maximum Gasteiger partial charge on any atom is 0.388 e. The molecule has 5 aromatic rings. The molecular weight excluding hydrogens is 553 g/mol. The number of hydrogen-bond donors (Lipinski definition) is 1. The van der Waals surface area contributed by atoms with Crippen LogP contribution in [0.5, 0.6) is 11.6 Å².